The van der Waals surface area contributed by atoms with Crippen molar-refractivity contribution in [1.29, 1.82) is 0 Å². The SMILES string of the molecule is CC1=CC(=O)OCC1N(C)C. The van der Waals surface area contributed by atoms with Crippen molar-refractivity contribution < 1.29 is 9.53 Å². The number of carbonyl (C=O) groups is 1. The first-order valence-corrected chi connectivity index (χ1v) is 3.62. The molecule has 1 aliphatic heterocycles. The summed E-state index contributed by atoms with van der Waals surface area (Å²) in [5.74, 6) is -0.222. The molecule has 1 aliphatic rings. The fourth-order valence-electron chi connectivity index (χ4n) is 1.17. The van der Waals surface area contributed by atoms with Gasteiger partial charge in [0.05, 0.1) is 6.04 Å². The van der Waals surface area contributed by atoms with Crippen LogP contribution < -0.4 is 0 Å². The van der Waals surface area contributed by atoms with Gasteiger partial charge in [0.2, 0.25) is 0 Å². The average Bonchev–Trinajstić information content (AvgIpc) is 1.85. The van der Waals surface area contributed by atoms with Gasteiger partial charge in [0, 0.05) is 6.08 Å². The molecule has 0 fully saturated rings. The van der Waals surface area contributed by atoms with Crippen LogP contribution in [0.4, 0.5) is 0 Å². The van der Waals surface area contributed by atoms with Gasteiger partial charge in [-0.15, -0.1) is 0 Å². The molecule has 62 valence electrons. The van der Waals surface area contributed by atoms with E-state index in [-0.39, 0.29) is 12.0 Å². The van der Waals surface area contributed by atoms with Gasteiger partial charge < -0.3 is 4.74 Å². The molecule has 0 saturated carbocycles. The number of hydrogen-bond acceptors (Lipinski definition) is 3. The maximum absolute atomic E-state index is 10.7. The van der Waals surface area contributed by atoms with Crippen LogP contribution in [0.1, 0.15) is 6.92 Å². The predicted octanol–water partition coefficient (Wildman–Crippen LogP) is 0.420. The number of cyclic esters (lactones) is 1. The van der Waals surface area contributed by atoms with E-state index in [1.807, 2.05) is 25.9 Å². The van der Waals surface area contributed by atoms with E-state index in [1.165, 1.54) is 0 Å². The van der Waals surface area contributed by atoms with Gasteiger partial charge in [0.25, 0.3) is 0 Å². The Bertz CT molecular complexity index is 196. The molecule has 0 bridgehead atoms. The lowest BCUT2D eigenvalue weighted by atomic mass is 10.1. The molecular weight excluding hydrogens is 142 g/mol. The van der Waals surface area contributed by atoms with E-state index in [9.17, 15) is 4.79 Å². The Hall–Kier alpha value is -0.830. The number of rotatable bonds is 1. The summed E-state index contributed by atoms with van der Waals surface area (Å²) in [5, 5.41) is 0. The number of esters is 1. The van der Waals surface area contributed by atoms with Crippen LogP contribution >= 0.6 is 0 Å². The lowest BCUT2D eigenvalue weighted by molar-refractivity contribution is -0.140. The second kappa shape index (κ2) is 3.05. The molecule has 0 aromatic carbocycles. The smallest absolute Gasteiger partial charge is 0.330 e. The first kappa shape index (κ1) is 8.27. The number of carbonyl (C=O) groups excluding carboxylic acids is 1. The Labute approximate surface area is 66.6 Å². The summed E-state index contributed by atoms with van der Waals surface area (Å²) in [6.45, 7) is 2.43. The zero-order chi connectivity index (χ0) is 8.43. The van der Waals surface area contributed by atoms with Crippen LogP contribution in [-0.4, -0.2) is 37.6 Å². The van der Waals surface area contributed by atoms with E-state index in [1.54, 1.807) is 6.08 Å². The molecule has 0 spiro atoms. The van der Waals surface area contributed by atoms with Crippen LogP contribution in [0.15, 0.2) is 11.6 Å². The highest BCUT2D eigenvalue weighted by atomic mass is 16.5. The first-order chi connectivity index (χ1) is 5.11. The molecule has 0 saturated heterocycles. The molecule has 0 N–H and O–H groups in total. The van der Waals surface area contributed by atoms with E-state index < -0.39 is 0 Å². The minimum atomic E-state index is -0.222. The molecule has 11 heavy (non-hydrogen) atoms. The van der Waals surface area contributed by atoms with E-state index in [0.717, 1.165) is 5.57 Å². The summed E-state index contributed by atoms with van der Waals surface area (Å²) in [6, 6.07) is 0.257. The van der Waals surface area contributed by atoms with E-state index in [2.05, 4.69) is 0 Å². The summed E-state index contributed by atoms with van der Waals surface area (Å²) in [6.07, 6.45) is 1.55. The minimum Gasteiger partial charge on any atom is -0.461 e. The van der Waals surface area contributed by atoms with E-state index >= 15 is 0 Å². The van der Waals surface area contributed by atoms with Gasteiger partial charge in [-0.05, 0) is 26.6 Å². The van der Waals surface area contributed by atoms with Crippen molar-refractivity contribution in [2.45, 2.75) is 13.0 Å². The molecule has 0 aliphatic carbocycles. The highest BCUT2D eigenvalue weighted by Gasteiger charge is 2.20. The zero-order valence-electron chi connectivity index (χ0n) is 7.13. The average molecular weight is 155 g/mol. The zero-order valence-corrected chi connectivity index (χ0v) is 7.13. The third kappa shape index (κ3) is 1.80. The highest BCUT2D eigenvalue weighted by molar-refractivity contribution is 5.83. The van der Waals surface area contributed by atoms with Crippen LogP contribution in [0, 0.1) is 0 Å². The van der Waals surface area contributed by atoms with Gasteiger partial charge in [-0.1, -0.05) is 0 Å². The second-order valence-electron chi connectivity index (χ2n) is 3.00. The Kier molecular flexibility index (Phi) is 2.29. The van der Waals surface area contributed by atoms with Crippen LogP contribution in [0.5, 0.6) is 0 Å². The third-order valence-electron chi connectivity index (χ3n) is 1.88. The molecule has 0 radical (unpaired) electrons. The van der Waals surface area contributed by atoms with Crippen molar-refractivity contribution in [1.82, 2.24) is 4.90 Å². The monoisotopic (exact) mass is 155 g/mol. The molecule has 3 heteroatoms. The molecule has 3 nitrogen and oxygen atoms in total. The van der Waals surface area contributed by atoms with Crippen molar-refractivity contribution in [3.8, 4) is 0 Å². The van der Waals surface area contributed by atoms with Gasteiger partial charge in [-0.25, -0.2) is 4.79 Å². The number of ether oxygens (including phenoxy) is 1. The Morgan fingerprint density at radius 3 is 2.73 bits per heavy atom. The normalized spacial score (nSPS) is 24.9. The van der Waals surface area contributed by atoms with Gasteiger partial charge in [0.15, 0.2) is 0 Å². The van der Waals surface area contributed by atoms with E-state index in [0.29, 0.717) is 6.61 Å². The van der Waals surface area contributed by atoms with Crippen molar-refractivity contribution in [2.75, 3.05) is 20.7 Å². The molecule has 1 atom stereocenters. The highest BCUT2D eigenvalue weighted by Crippen LogP contribution is 2.12. The Morgan fingerprint density at radius 2 is 2.27 bits per heavy atom. The molecule has 0 aromatic rings. The fourth-order valence-corrected chi connectivity index (χ4v) is 1.17. The maximum atomic E-state index is 10.7. The summed E-state index contributed by atoms with van der Waals surface area (Å²) < 4.78 is 4.87. The quantitative estimate of drug-likeness (QED) is 0.514. The molecule has 0 amide bonds. The number of nitrogens with zero attached hydrogens (tertiary/aromatic N) is 1. The number of hydrogen-bond donors (Lipinski definition) is 0. The van der Waals surface area contributed by atoms with Crippen LogP contribution in [0.2, 0.25) is 0 Å². The molecule has 1 heterocycles. The van der Waals surface area contributed by atoms with Crippen LogP contribution in [0.3, 0.4) is 0 Å². The van der Waals surface area contributed by atoms with Crippen molar-refractivity contribution in [3.63, 3.8) is 0 Å². The molecular formula is C8H13NO2. The summed E-state index contributed by atoms with van der Waals surface area (Å²) >= 11 is 0. The molecule has 1 unspecified atom stereocenters. The predicted molar refractivity (Wildman–Crippen MR) is 42.2 cm³/mol. The Morgan fingerprint density at radius 1 is 1.64 bits per heavy atom. The second-order valence-corrected chi connectivity index (χ2v) is 3.00. The standard InChI is InChI=1S/C8H13NO2/c1-6-4-8(10)11-5-7(6)9(2)3/h4,7H,5H2,1-3H3. The summed E-state index contributed by atoms with van der Waals surface area (Å²) in [4.78, 5) is 12.8. The summed E-state index contributed by atoms with van der Waals surface area (Å²) in [5.41, 5.74) is 1.08. The van der Waals surface area contributed by atoms with Gasteiger partial charge in [0.1, 0.15) is 6.61 Å². The largest absolute Gasteiger partial charge is 0.461 e. The first-order valence-electron chi connectivity index (χ1n) is 3.62. The van der Waals surface area contributed by atoms with Crippen molar-refractivity contribution in [3.05, 3.63) is 11.6 Å². The Balaban J connectivity index is 2.72. The maximum Gasteiger partial charge on any atom is 0.330 e. The van der Waals surface area contributed by atoms with Crippen LogP contribution in [0.25, 0.3) is 0 Å². The molecule has 1 rings (SSSR count). The van der Waals surface area contributed by atoms with Gasteiger partial charge in [-0.2, -0.15) is 0 Å². The van der Waals surface area contributed by atoms with Gasteiger partial charge >= 0.3 is 5.97 Å². The summed E-state index contributed by atoms with van der Waals surface area (Å²) in [7, 11) is 3.95. The van der Waals surface area contributed by atoms with Crippen molar-refractivity contribution >= 4 is 5.97 Å². The fraction of sp³-hybridized carbons (Fsp3) is 0.625. The lowest BCUT2D eigenvalue weighted by Gasteiger charge is -2.27. The lowest BCUT2D eigenvalue weighted by Crippen LogP contribution is -2.37. The van der Waals surface area contributed by atoms with Crippen LogP contribution in [-0.2, 0) is 9.53 Å². The van der Waals surface area contributed by atoms with E-state index in [4.69, 9.17) is 4.74 Å². The van der Waals surface area contributed by atoms with Gasteiger partial charge in [-0.3, -0.25) is 4.90 Å². The topological polar surface area (TPSA) is 29.5 Å². The van der Waals surface area contributed by atoms with Crippen molar-refractivity contribution in [2.24, 2.45) is 0 Å². The number of likely N-dealkylation sites (N-methyl/N-ethyl adjacent to an activating group) is 1. The minimum absolute atomic E-state index is 0.222. The molecule has 0 aromatic heterocycles. The third-order valence-corrected chi connectivity index (χ3v) is 1.88.